The molecular formula is C13H28. The zero-order chi connectivity index (χ0) is 10.3. The van der Waals surface area contributed by atoms with Crippen LogP contribution in [-0.2, 0) is 0 Å². The lowest BCUT2D eigenvalue weighted by molar-refractivity contribution is 0.302. The molecule has 0 bridgehead atoms. The molecule has 2 atom stereocenters. The van der Waals surface area contributed by atoms with E-state index in [1.807, 2.05) is 0 Å². The maximum absolute atomic E-state index is 2.41. The molecule has 2 unspecified atom stereocenters. The van der Waals surface area contributed by atoms with Gasteiger partial charge in [-0.1, -0.05) is 66.7 Å². The number of rotatable bonds is 7. The summed E-state index contributed by atoms with van der Waals surface area (Å²) in [5.41, 5.74) is 0. The zero-order valence-electron chi connectivity index (χ0n) is 10.3. The number of hydrogen-bond acceptors (Lipinski definition) is 0. The van der Waals surface area contributed by atoms with Gasteiger partial charge in [0, 0.05) is 0 Å². The van der Waals surface area contributed by atoms with Crippen LogP contribution in [0.5, 0.6) is 0 Å². The van der Waals surface area contributed by atoms with E-state index in [1.54, 1.807) is 0 Å². The van der Waals surface area contributed by atoms with Crippen LogP contribution in [-0.4, -0.2) is 0 Å². The quantitative estimate of drug-likeness (QED) is 0.528. The molecule has 0 spiro atoms. The zero-order valence-corrected chi connectivity index (χ0v) is 10.3. The molecule has 0 heteroatoms. The SMILES string of the molecule is CCC(C)C(CC)CCCC(C)C. The first-order valence-electron chi connectivity index (χ1n) is 6.11. The largest absolute Gasteiger partial charge is 0.0651 e. The van der Waals surface area contributed by atoms with E-state index in [4.69, 9.17) is 0 Å². The van der Waals surface area contributed by atoms with E-state index < -0.39 is 0 Å². The lowest BCUT2D eigenvalue weighted by Crippen LogP contribution is -2.10. The van der Waals surface area contributed by atoms with Crippen molar-refractivity contribution in [1.29, 1.82) is 0 Å². The molecular weight excluding hydrogens is 156 g/mol. The molecule has 0 aliphatic rings. The molecule has 0 amide bonds. The van der Waals surface area contributed by atoms with Gasteiger partial charge in [-0.05, 0) is 17.8 Å². The second kappa shape index (κ2) is 7.41. The van der Waals surface area contributed by atoms with Crippen LogP contribution in [0.2, 0.25) is 0 Å². The van der Waals surface area contributed by atoms with Crippen LogP contribution in [0.25, 0.3) is 0 Å². The molecule has 13 heavy (non-hydrogen) atoms. The molecule has 0 aromatic heterocycles. The summed E-state index contributed by atoms with van der Waals surface area (Å²) in [7, 11) is 0. The minimum absolute atomic E-state index is 0.884. The van der Waals surface area contributed by atoms with Gasteiger partial charge in [0.25, 0.3) is 0 Å². The number of hydrogen-bond donors (Lipinski definition) is 0. The predicted molar refractivity (Wildman–Crippen MR) is 61.9 cm³/mol. The van der Waals surface area contributed by atoms with Gasteiger partial charge in [0.15, 0.2) is 0 Å². The van der Waals surface area contributed by atoms with E-state index in [1.165, 1.54) is 32.1 Å². The Morgan fingerprint density at radius 2 is 1.46 bits per heavy atom. The first kappa shape index (κ1) is 13.0. The van der Waals surface area contributed by atoms with Crippen molar-refractivity contribution in [2.75, 3.05) is 0 Å². The first-order chi connectivity index (χ1) is 6.11. The first-order valence-corrected chi connectivity index (χ1v) is 6.11. The minimum Gasteiger partial charge on any atom is -0.0651 e. The fourth-order valence-corrected chi connectivity index (χ4v) is 2.01. The molecule has 0 rings (SSSR count). The van der Waals surface area contributed by atoms with E-state index in [2.05, 4.69) is 34.6 Å². The van der Waals surface area contributed by atoms with Gasteiger partial charge < -0.3 is 0 Å². The van der Waals surface area contributed by atoms with Crippen molar-refractivity contribution in [3.8, 4) is 0 Å². The van der Waals surface area contributed by atoms with Gasteiger partial charge in [0.05, 0.1) is 0 Å². The summed E-state index contributed by atoms with van der Waals surface area (Å²) in [5, 5.41) is 0. The highest BCUT2D eigenvalue weighted by Gasteiger charge is 2.12. The van der Waals surface area contributed by atoms with Gasteiger partial charge in [-0.2, -0.15) is 0 Å². The Balaban J connectivity index is 3.59. The molecule has 0 aromatic carbocycles. The molecule has 0 N–H and O–H groups in total. The Morgan fingerprint density at radius 1 is 0.846 bits per heavy atom. The van der Waals surface area contributed by atoms with E-state index in [-0.39, 0.29) is 0 Å². The van der Waals surface area contributed by atoms with Crippen molar-refractivity contribution in [2.45, 2.75) is 66.7 Å². The van der Waals surface area contributed by atoms with Gasteiger partial charge >= 0.3 is 0 Å². The molecule has 0 aliphatic carbocycles. The second-order valence-corrected chi connectivity index (χ2v) is 4.88. The second-order valence-electron chi connectivity index (χ2n) is 4.88. The van der Waals surface area contributed by atoms with Crippen molar-refractivity contribution >= 4 is 0 Å². The highest BCUT2D eigenvalue weighted by Crippen LogP contribution is 2.25. The third-order valence-corrected chi connectivity index (χ3v) is 3.33. The summed E-state index contributed by atoms with van der Waals surface area (Å²) in [6.07, 6.45) is 7.00. The molecule has 0 radical (unpaired) electrons. The van der Waals surface area contributed by atoms with E-state index in [9.17, 15) is 0 Å². The third-order valence-electron chi connectivity index (χ3n) is 3.33. The molecule has 0 aliphatic heterocycles. The molecule has 0 saturated carbocycles. The van der Waals surface area contributed by atoms with Crippen molar-refractivity contribution in [3.63, 3.8) is 0 Å². The lowest BCUT2D eigenvalue weighted by atomic mass is 9.85. The Bertz CT molecular complexity index is 105. The summed E-state index contributed by atoms with van der Waals surface area (Å²) in [6.45, 7) is 11.7. The van der Waals surface area contributed by atoms with Gasteiger partial charge in [-0.15, -0.1) is 0 Å². The maximum atomic E-state index is 2.41. The Hall–Kier alpha value is 0. The molecule has 0 fully saturated rings. The van der Waals surface area contributed by atoms with E-state index in [0.29, 0.717) is 0 Å². The maximum Gasteiger partial charge on any atom is -0.0391 e. The van der Waals surface area contributed by atoms with Crippen molar-refractivity contribution in [1.82, 2.24) is 0 Å². The summed E-state index contributed by atoms with van der Waals surface area (Å²) in [5.74, 6) is 2.79. The monoisotopic (exact) mass is 184 g/mol. The molecule has 0 saturated heterocycles. The summed E-state index contributed by atoms with van der Waals surface area (Å²) in [6, 6.07) is 0. The topological polar surface area (TPSA) is 0 Å². The van der Waals surface area contributed by atoms with Crippen molar-refractivity contribution in [2.24, 2.45) is 17.8 Å². The molecule has 0 aromatic rings. The highest BCUT2D eigenvalue weighted by atomic mass is 14.2. The smallest absolute Gasteiger partial charge is 0.0391 e. The molecule has 0 heterocycles. The van der Waals surface area contributed by atoms with Gasteiger partial charge in [-0.3, -0.25) is 0 Å². The van der Waals surface area contributed by atoms with Gasteiger partial charge in [0.1, 0.15) is 0 Å². The lowest BCUT2D eigenvalue weighted by Gasteiger charge is -2.21. The predicted octanol–water partition coefficient (Wildman–Crippen LogP) is 4.89. The minimum atomic E-state index is 0.884. The average molecular weight is 184 g/mol. The normalized spacial score (nSPS) is 16.2. The summed E-state index contributed by atoms with van der Waals surface area (Å²) >= 11 is 0. The van der Waals surface area contributed by atoms with Crippen LogP contribution in [0.15, 0.2) is 0 Å². The average Bonchev–Trinajstić information content (AvgIpc) is 2.11. The standard InChI is InChI=1S/C13H28/c1-6-12(5)13(7-2)10-8-9-11(3)4/h11-13H,6-10H2,1-5H3. The van der Waals surface area contributed by atoms with Crippen LogP contribution in [0, 0.1) is 17.8 Å². The summed E-state index contributed by atoms with van der Waals surface area (Å²) in [4.78, 5) is 0. The Kier molecular flexibility index (Phi) is 7.41. The van der Waals surface area contributed by atoms with Crippen LogP contribution in [0.4, 0.5) is 0 Å². The van der Waals surface area contributed by atoms with Crippen LogP contribution >= 0.6 is 0 Å². The van der Waals surface area contributed by atoms with Crippen molar-refractivity contribution < 1.29 is 0 Å². The van der Waals surface area contributed by atoms with Gasteiger partial charge in [-0.25, -0.2) is 0 Å². The van der Waals surface area contributed by atoms with Crippen molar-refractivity contribution in [3.05, 3.63) is 0 Å². The van der Waals surface area contributed by atoms with Crippen LogP contribution in [0.3, 0.4) is 0 Å². The molecule has 80 valence electrons. The highest BCUT2D eigenvalue weighted by molar-refractivity contribution is 4.64. The third kappa shape index (κ3) is 6.12. The van der Waals surface area contributed by atoms with E-state index >= 15 is 0 Å². The van der Waals surface area contributed by atoms with E-state index in [0.717, 1.165) is 17.8 Å². The Labute approximate surface area is 85.1 Å². The van der Waals surface area contributed by atoms with Crippen LogP contribution in [0.1, 0.15) is 66.7 Å². The fraction of sp³-hybridized carbons (Fsp3) is 1.00. The Morgan fingerprint density at radius 3 is 1.85 bits per heavy atom. The summed E-state index contributed by atoms with van der Waals surface area (Å²) < 4.78 is 0. The molecule has 0 nitrogen and oxygen atoms in total. The van der Waals surface area contributed by atoms with Crippen LogP contribution < -0.4 is 0 Å². The fourth-order valence-electron chi connectivity index (χ4n) is 2.01. The van der Waals surface area contributed by atoms with Gasteiger partial charge in [0.2, 0.25) is 0 Å².